The quantitative estimate of drug-likeness (QED) is 0.907. The van der Waals surface area contributed by atoms with Gasteiger partial charge in [0.1, 0.15) is 6.04 Å². The Morgan fingerprint density at radius 2 is 1.83 bits per heavy atom. The predicted octanol–water partition coefficient (Wildman–Crippen LogP) is 1.99. The van der Waals surface area contributed by atoms with Crippen molar-refractivity contribution in [3.05, 3.63) is 29.8 Å². The Morgan fingerprint density at radius 3 is 2.35 bits per heavy atom. The van der Waals surface area contributed by atoms with Gasteiger partial charge in [-0.1, -0.05) is 6.42 Å². The van der Waals surface area contributed by atoms with Gasteiger partial charge in [-0.25, -0.2) is 8.42 Å². The number of nitrogens with one attached hydrogen (secondary N) is 1. The summed E-state index contributed by atoms with van der Waals surface area (Å²) in [4.78, 5) is 11.6. The van der Waals surface area contributed by atoms with Crippen LogP contribution in [0.15, 0.2) is 29.2 Å². The summed E-state index contributed by atoms with van der Waals surface area (Å²) in [5.41, 5.74) is -0.919. The molecule has 0 saturated carbocycles. The van der Waals surface area contributed by atoms with E-state index < -0.39 is 33.7 Å². The minimum atomic E-state index is -4.53. The van der Waals surface area contributed by atoms with Gasteiger partial charge in [-0.15, -0.1) is 0 Å². The molecule has 0 aromatic heterocycles. The van der Waals surface area contributed by atoms with Crippen molar-refractivity contribution >= 4 is 15.9 Å². The van der Waals surface area contributed by atoms with E-state index in [0.29, 0.717) is 12.8 Å². The summed E-state index contributed by atoms with van der Waals surface area (Å²) in [6.45, 7) is 0.168. The smallest absolute Gasteiger partial charge is 0.358 e. The van der Waals surface area contributed by atoms with Gasteiger partial charge < -0.3 is 5.32 Å². The second kappa shape index (κ2) is 6.48. The van der Waals surface area contributed by atoms with Crippen LogP contribution in [0.2, 0.25) is 0 Å². The van der Waals surface area contributed by atoms with E-state index >= 15 is 0 Å². The lowest BCUT2D eigenvalue weighted by Gasteiger charge is -2.33. The van der Waals surface area contributed by atoms with Crippen LogP contribution in [0, 0.1) is 0 Å². The van der Waals surface area contributed by atoms with Gasteiger partial charge in [-0.2, -0.15) is 17.5 Å². The van der Waals surface area contributed by atoms with Crippen LogP contribution in [-0.2, 0) is 21.0 Å². The minimum Gasteiger partial charge on any atom is -0.358 e. The highest BCUT2D eigenvalue weighted by Gasteiger charge is 2.38. The number of piperidine rings is 1. The number of sulfonamides is 1. The molecular formula is C14H17F3N2O3S. The van der Waals surface area contributed by atoms with Crippen LogP contribution >= 0.6 is 0 Å². The molecule has 1 heterocycles. The molecule has 0 spiro atoms. The van der Waals surface area contributed by atoms with Gasteiger partial charge in [0.25, 0.3) is 0 Å². The van der Waals surface area contributed by atoms with Crippen molar-refractivity contribution in [3.63, 3.8) is 0 Å². The first-order valence-corrected chi connectivity index (χ1v) is 8.52. The number of likely N-dealkylation sites (N-methyl/N-ethyl adjacent to an activating group) is 1. The first-order chi connectivity index (χ1) is 10.7. The molecule has 128 valence electrons. The molecular weight excluding hydrogens is 333 g/mol. The maximum absolute atomic E-state index is 12.6. The number of carbonyl (C=O) groups excluding carboxylic acids is 1. The number of halogens is 3. The van der Waals surface area contributed by atoms with Crippen LogP contribution in [0.1, 0.15) is 24.8 Å². The summed E-state index contributed by atoms with van der Waals surface area (Å²) in [5.74, 6) is -0.416. The second-order valence-electron chi connectivity index (χ2n) is 5.26. The number of amides is 1. The van der Waals surface area contributed by atoms with E-state index in [-0.39, 0.29) is 11.4 Å². The SMILES string of the molecule is CNC(=O)C1CCCCN1S(=O)(=O)c1ccc(C(F)(F)F)cc1. The molecule has 1 atom stereocenters. The normalized spacial score (nSPS) is 20.3. The van der Waals surface area contributed by atoms with Crippen LogP contribution in [0.25, 0.3) is 0 Å². The van der Waals surface area contributed by atoms with Crippen molar-refractivity contribution in [2.45, 2.75) is 36.4 Å². The summed E-state index contributed by atoms with van der Waals surface area (Å²) in [7, 11) is -2.61. The highest BCUT2D eigenvalue weighted by molar-refractivity contribution is 7.89. The van der Waals surface area contributed by atoms with Gasteiger partial charge >= 0.3 is 6.18 Å². The topological polar surface area (TPSA) is 66.5 Å². The van der Waals surface area contributed by atoms with Crippen LogP contribution in [0.3, 0.4) is 0 Å². The fraction of sp³-hybridized carbons (Fsp3) is 0.500. The predicted molar refractivity (Wildman–Crippen MR) is 77.0 cm³/mol. The number of rotatable bonds is 3. The Kier molecular flexibility index (Phi) is 5.00. The van der Waals surface area contributed by atoms with Crippen molar-refractivity contribution in [2.75, 3.05) is 13.6 Å². The highest BCUT2D eigenvalue weighted by Crippen LogP contribution is 2.31. The summed E-state index contributed by atoms with van der Waals surface area (Å²) < 4.78 is 64.1. The van der Waals surface area contributed by atoms with Gasteiger partial charge in [0.15, 0.2) is 0 Å². The molecule has 0 aliphatic carbocycles. The fourth-order valence-corrected chi connectivity index (χ4v) is 4.23. The van der Waals surface area contributed by atoms with E-state index in [1.807, 2.05) is 0 Å². The lowest BCUT2D eigenvalue weighted by atomic mass is 10.0. The minimum absolute atomic E-state index is 0.168. The monoisotopic (exact) mass is 350 g/mol. The average Bonchev–Trinajstić information content (AvgIpc) is 2.53. The van der Waals surface area contributed by atoms with Gasteiger partial charge in [0, 0.05) is 13.6 Å². The number of alkyl halides is 3. The van der Waals surface area contributed by atoms with E-state index in [0.717, 1.165) is 35.0 Å². The lowest BCUT2D eigenvalue weighted by molar-refractivity contribution is -0.137. The molecule has 1 saturated heterocycles. The highest BCUT2D eigenvalue weighted by atomic mass is 32.2. The summed E-state index contributed by atoms with van der Waals surface area (Å²) in [6, 6.07) is 2.47. The molecule has 1 N–H and O–H groups in total. The summed E-state index contributed by atoms with van der Waals surface area (Å²) in [5, 5.41) is 2.42. The summed E-state index contributed by atoms with van der Waals surface area (Å²) in [6.07, 6.45) is -2.82. The molecule has 1 amide bonds. The Hall–Kier alpha value is -1.61. The zero-order valence-corrected chi connectivity index (χ0v) is 13.2. The molecule has 2 rings (SSSR count). The Balaban J connectivity index is 2.34. The molecule has 1 fully saturated rings. The third kappa shape index (κ3) is 3.66. The number of hydrogen-bond acceptors (Lipinski definition) is 3. The van der Waals surface area contributed by atoms with Crippen molar-refractivity contribution in [1.29, 1.82) is 0 Å². The first kappa shape index (κ1) is 17.7. The van der Waals surface area contributed by atoms with E-state index in [4.69, 9.17) is 0 Å². The van der Waals surface area contributed by atoms with Crippen LogP contribution < -0.4 is 5.32 Å². The van der Waals surface area contributed by atoms with Crippen molar-refractivity contribution < 1.29 is 26.4 Å². The maximum Gasteiger partial charge on any atom is 0.416 e. The molecule has 1 aromatic carbocycles. The fourth-order valence-electron chi connectivity index (χ4n) is 2.57. The Morgan fingerprint density at radius 1 is 1.22 bits per heavy atom. The molecule has 9 heteroatoms. The average molecular weight is 350 g/mol. The zero-order chi connectivity index (χ0) is 17.3. The molecule has 0 radical (unpaired) electrons. The van der Waals surface area contributed by atoms with Crippen LogP contribution in [0.5, 0.6) is 0 Å². The molecule has 1 aliphatic heterocycles. The third-order valence-corrected chi connectivity index (χ3v) is 5.71. The van der Waals surface area contributed by atoms with Gasteiger partial charge in [-0.3, -0.25) is 4.79 Å². The van der Waals surface area contributed by atoms with E-state index in [9.17, 15) is 26.4 Å². The molecule has 23 heavy (non-hydrogen) atoms. The van der Waals surface area contributed by atoms with Crippen molar-refractivity contribution in [3.8, 4) is 0 Å². The maximum atomic E-state index is 12.6. The third-order valence-electron chi connectivity index (χ3n) is 3.79. The summed E-state index contributed by atoms with van der Waals surface area (Å²) >= 11 is 0. The Bertz CT molecular complexity index is 672. The number of carbonyl (C=O) groups is 1. The van der Waals surface area contributed by atoms with Gasteiger partial charge in [0.2, 0.25) is 15.9 Å². The number of benzene rings is 1. The van der Waals surface area contributed by atoms with Gasteiger partial charge in [0.05, 0.1) is 10.5 Å². The van der Waals surface area contributed by atoms with Crippen molar-refractivity contribution in [2.24, 2.45) is 0 Å². The lowest BCUT2D eigenvalue weighted by Crippen LogP contribution is -2.51. The molecule has 1 aromatic rings. The molecule has 0 bridgehead atoms. The Labute approximate surface area is 132 Å². The first-order valence-electron chi connectivity index (χ1n) is 7.08. The zero-order valence-electron chi connectivity index (χ0n) is 12.4. The van der Waals surface area contributed by atoms with Crippen LogP contribution in [-0.4, -0.2) is 38.3 Å². The second-order valence-corrected chi connectivity index (χ2v) is 7.15. The number of hydrogen-bond donors (Lipinski definition) is 1. The largest absolute Gasteiger partial charge is 0.416 e. The molecule has 5 nitrogen and oxygen atoms in total. The van der Waals surface area contributed by atoms with E-state index in [1.54, 1.807) is 0 Å². The molecule has 1 aliphatic rings. The standard InChI is InChI=1S/C14H17F3N2O3S/c1-18-13(20)12-4-2-3-9-19(12)23(21,22)11-7-5-10(6-8-11)14(15,16)17/h5-8,12H,2-4,9H2,1H3,(H,18,20). The van der Waals surface area contributed by atoms with E-state index in [1.165, 1.54) is 7.05 Å². The van der Waals surface area contributed by atoms with Crippen molar-refractivity contribution in [1.82, 2.24) is 9.62 Å². The van der Waals surface area contributed by atoms with Crippen LogP contribution in [0.4, 0.5) is 13.2 Å². The van der Waals surface area contributed by atoms with E-state index in [2.05, 4.69) is 5.32 Å². The number of nitrogens with zero attached hydrogens (tertiary/aromatic N) is 1. The van der Waals surface area contributed by atoms with Gasteiger partial charge in [-0.05, 0) is 37.1 Å². The molecule has 1 unspecified atom stereocenters.